The summed E-state index contributed by atoms with van der Waals surface area (Å²) < 4.78 is 14.8. The van der Waals surface area contributed by atoms with Crippen molar-refractivity contribution in [3.8, 4) is 11.8 Å². The molecular formula is C13H13BrFN3. The maximum atomic E-state index is 14.3. The van der Waals surface area contributed by atoms with E-state index in [1.54, 1.807) is 13.8 Å². The van der Waals surface area contributed by atoms with Gasteiger partial charge >= 0.3 is 0 Å². The maximum absolute atomic E-state index is 14.3. The van der Waals surface area contributed by atoms with E-state index in [1.165, 1.54) is 6.20 Å². The van der Waals surface area contributed by atoms with Crippen molar-refractivity contribution in [2.45, 2.75) is 25.9 Å². The van der Waals surface area contributed by atoms with Crippen molar-refractivity contribution in [2.75, 3.05) is 5.73 Å². The van der Waals surface area contributed by atoms with Crippen LogP contribution in [0.5, 0.6) is 0 Å². The van der Waals surface area contributed by atoms with Gasteiger partial charge in [0.2, 0.25) is 0 Å². The van der Waals surface area contributed by atoms with Crippen molar-refractivity contribution in [3.63, 3.8) is 0 Å². The number of hydrogen-bond acceptors (Lipinski definition) is 3. The number of anilines is 1. The Bertz CT molecular complexity index is 590. The van der Waals surface area contributed by atoms with Gasteiger partial charge in [-0.3, -0.25) is 0 Å². The zero-order valence-corrected chi connectivity index (χ0v) is 11.8. The Morgan fingerprint density at radius 3 is 2.83 bits per heavy atom. The normalized spacial score (nSPS) is 29.3. The molecule has 2 unspecified atom stereocenters. The van der Waals surface area contributed by atoms with Crippen LogP contribution in [0.3, 0.4) is 0 Å². The number of rotatable bonds is 1. The molecule has 18 heavy (non-hydrogen) atoms. The summed E-state index contributed by atoms with van der Waals surface area (Å²) in [5.74, 6) is 5.94. The van der Waals surface area contributed by atoms with Gasteiger partial charge in [-0.2, -0.15) is 0 Å². The fourth-order valence-corrected chi connectivity index (χ4v) is 2.18. The minimum absolute atomic E-state index is 0.237. The van der Waals surface area contributed by atoms with Gasteiger partial charge in [-0.25, -0.2) is 14.4 Å². The molecule has 0 radical (unpaired) electrons. The van der Waals surface area contributed by atoms with Crippen LogP contribution in [0.2, 0.25) is 0 Å². The largest absolute Gasteiger partial charge is 0.381 e. The average Bonchev–Trinajstić information content (AvgIpc) is 2.82. The van der Waals surface area contributed by atoms with E-state index in [-0.39, 0.29) is 5.82 Å². The lowest BCUT2D eigenvalue weighted by molar-refractivity contribution is 0.312. The van der Waals surface area contributed by atoms with E-state index >= 15 is 0 Å². The van der Waals surface area contributed by atoms with Crippen LogP contribution in [0.4, 0.5) is 10.2 Å². The Morgan fingerprint density at radius 1 is 1.67 bits per heavy atom. The van der Waals surface area contributed by atoms with Crippen LogP contribution >= 0.6 is 15.9 Å². The molecule has 0 saturated heterocycles. The second kappa shape index (κ2) is 4.06. The first-order valence-corrected chi connectivity index (χ1v) is 6.24. The number of alkyl halides is 1. The van der Waals surface area contributed by atoms with Gasteiger partial charge < -0.3 is 5.73 Å². The van der Waals surface area contributed by atoms with E-state index in [0.29, 0.717) is 22.3 Å². The number of hydrogen-bond donors (Lipinski definition) is 1. The molecule has 2 N–H and O–H groups in total. The van der Waals surface area contributed by atoms with Crippen molar-refractivity contribution in [2.24, 2.45) is 5.41 Å². The monoisotopic (exact) mass is 309 g/mol. The lowest BCUT2D eigenvalue weighted by atomic mass is 10.0. The molecule has 1 aromatic heterocycles. The summed E-state index contributed by atoms with van der Waals surface area (Å²) in [4.78, 5) is 8.03. The molecule has 0 spiro atoms. The highest BCUT2D eigenvalue weighted by molar-refractivity contribution is 9.10. The Hall–Kier alpha value is -1.41. The van der Waals surface area contributed by atoms with Gasteiger partial charge in [0, 0.05) is 6.42 Å². The summed E-state index contributed by atoms with van der Waals surface area (Å²) >= 11 is 3.16. The zero-order valence-electron chi connectivity index (χ0n) is 10.2. The molecule has 1 saturated carbocycles. The summed E-state index contributed by atoms with van der Waals surface area (Å²) in [6, 6.07) is 0. The van der Waals surface area contributed by atoms with E-state index < -0.39 is 11.1 Å². The van der Waals surface area contributed by atoms with Crippen LogP contribution in [0.1, 0.15) is 26.0 Å². The highest BCUT2D eigenvalue weighted by Gasteiger charge is 2.66. The van der Waals surface area contributed by atoms with Gasteiger partial charge in [-0.15, -0.1) is 0 Å². The highest BCUT2D eigenvalue weighted by atomic mass is 79.9. The highest BCUT2D eigenvalue weighted by Crippen LogP contribution is 2.62. The average molecular weight is 310 g/mol. The van der Waals surface area contributed by atoms with Gasteiger partial charge in [-0.1, -0.05) is 12.5 Å². The number of halogens is 2. The van der Waals surface area contributed by atoms with Crippen LogP contribution in [0, 0.1) is 17.3 Å². The predicted molar refractivity (Wildman–Crippen MR) is 72.4 cm³/mol. The van der Waals surface area contributed by atoms with Crippen LogP contribution in [-0.2, 0) is 0 Å². The molecule has 0 amide bonds. The summed E-state index contributed by atoms with van der Waals surface area (Å²) in [6.07, 6.45) is 1.88. The van der Waals surface area contributed by atoms with Gasteiger partial charge in [0.15, 0.2) is 11.5 Å². The molecule has 1 aliphatic rings. The quantitative estimate of drug-likeness (QED) is 0.641. The molecule has 2 atom stereocenters. The Labute approximate surface area is 114 Å². The smallest absolute Gasteiger partial charge is 0.159 e. The van der Waals surface area contributed by atoms with Gasteiger partial charge in [-0.05, 0) is 41.3 Å². The standard InChI is InChI=1S/C13H13BrFN3/c1-8(2)13(15)7-12(13,3)5-4-9-11(16)18-10(14)6-17-9/h6H,1,7H2,2-3H3,(H2,16,18). The second-order valence-electron chi connectivity index (χ2n) is 4.77. The molecule has 3 nitrogen and oxygen atoms in total. The number of aromatic nitrogens is 2. The Balaban J connectivity index is 2.27. The van der Waals surface area contributed by atoms with Crippen molar-refractivity contribution in [1.29, 1.82) is 0 Å². The van der Waals surface area contributed by atoms with E-state index in [2.05, 4.69) is 44.3 Å². The molecule has 2 rings (SSSR count). The first-order chi connectivity index (χ1) is 8.28. The van der Waals surface area contributed by atoms with Gasteiger partial charge in [0.25, 0.3) is 0 Å². The summed E-state index contributed by atoms with van der Waals surface area (Å²) in [5.41, 5.74) is 4.47. The molecule has 0 aromatic carbocycles. The lowest BCUT2D eigenvalue weighted by Crippen LogP contribution is -2.11. The molecule has 1 heterocycles. The zero-order chi connectivity index (χ0) is 13.6. The molecule has 1 aliphatic carbocycles. The number of nitrogens with zero attached hydrogens (tertiary/aromatic N) is 2. The number of nitrogens with two attached hydrogens (primary N) is 1. The van der Waals surface area contributed by atoms with Crippen molar-refractivity contribution in [1.82, 2.24) is 9.97 Å². The molecule has 94 valence electrons. The fourth-order valence-electron chi connectivity index (χ4n) is 1.88. The molecule has 0 bridgehead atoms. The van der Waals surface area contributed by atoms with Crippen LogP contribution in [0.25, 0.3) is 0 Å². The molecule has 0 aliphatic heterocycles. The second-order valence-corrected chi connectivity index (χ2v) is 5.58. The van der Waals surface area contributed by atoms with E-state index in [1.807, 2.05) is 0 Å². The SMILES string of the molecule is C=C(C)C1(F)CC1(C)C#Cc1ncc(Br)nc1N. The van der Waals surface area contributed by atoms with Gasteiger partial charge in [0.1, 0.15) is 10.3 Å². The third kappa shape index (κ3) is 2.01. The third-order valence-corrected chi connectivity index (χ3v) is 3.63. The lowest BCUT2D eigenvalue weighted by Gasteiger charge is -2.09. The van der Waals surface area contributed by atoms with E-state index in [9.17, 15) is 4.39 Å². The fraction of sp³-hybridized carbons (Fsp3) is 0.385. The number of allylic oxidation sites excluding steroid dienone is 1. The minimum Gasteiger partial charge on any atom is -0.381 e. The predicted octanol–water partition coefficient (Wildman–Crippen LogP) is 2.87. The topological polar surface area (TPSA) is 51.8 Å². The van der Waals surface area contributed by atoms with Crippen molar-refractivity contribution in [3.05, 3.63) is 28.6 Å². The summed E-state index contributed by atoms with van der Waals surface area (Å²) in [7, 11) is 0. The molecular weight excluding hydrogens is 297 g/mol. The van der Waals surface area contributed by atoms with Crippen LogP contribution in [-0.4, -0.2) is 15.6 Å². The van der Waals surface area contributed by atoms with Crippen molar-refractivity contribution < 1.29 is 4.39 Å². The van der Waals surface area contributed by atoms with E-state index in [4.69, 9.17) is 5.73 Å². The third-order valence-electron chi connectivity index (χ3n) is 3.25. The first-order valence-electron chi connectivity index (χ1n) is 5.44. The van der Waals surface area contributed by atoms with Crippen LogP contribution in [0.15, 0.2) is 23.0 Å². The first kappa shape index (κ1) is 13.0. The van der Waals surface area contributed by atoms with Gasteiger partial charge in [0.05, 0.1) is 11.6 Å². The summed E-state index contributed by atoms with van der Waals surface area (Å²) in [6.45, 7) is 7.12. The van der Waals surface area contributed by atoms with E-state index in [0.717, 1.165) is 0 Å². The molecule has 1 fully saturated rings. The maximum Gasteiger partial charge on any atom is 0.159 e. The summed E-state index contributed by atoms with van der Waals surface area (Å²) in [5, 5.41) is 0. The Morgan fingerprint density at radius 2 is 2.33 bits per heavy atom. The molecule has 1 aromatic rings. The number of nitrogen functional groups attached to an aromatic ring is 1. The Kier molecular flexibility index (Phi) is 2.94. The minimum atomic E-state index is -1.39. The molecule has 5 heteroatoms. The van der Waals surface area contributed by atoms with Crippen molar-refractivity contribution >= 4 is 21.7 Å². The van der Waals surface area contributed by atoms with Crippen LogP contribution < -0.4 is 5.73 Å².